The van der Waals surface area contributed by atoms with Crippen molar-refractivity contribution in [2.45, 2.75) is 5.92 Å². The lowest BCUT2D eigenvalue weighted by molar-refractivity contribution is 0.00591. The number of aromatic nitrogens is 3. The zero-order valence-electron chi connectivity index (χ0n) is 9.15. The molecule has 1 N–H and O–H groups in total. The first-order chi connectivity index (χ1) is 8.58. The van der Waals surface area contributed by atoms with E-state index in [2.05, 4.69) is 20.3 Å². The van der Waals surface area contributed by atoms with Gasteiger partial charge in [0.15, 0.2) is 0 Å². The number of anilines is 1. The summed E-state index contributed by atoms with van der Waals surface area (Å²) in [6, 6.07) is 4.37. The predicted molar refractivity (Wildman–Crippen MR) is 63.7 cm³/mol. The van der Waals surface area contributed by atoms with Gasteiger partial charge in [0.25, 0.3) is 0 Å². The zero-order valence-corrected chi connectivity index (χ0v) is 9.90. The highest BCUT2D eigenvalue weighted by Gasteiger charge is 2.32. The lowest BCUT2D eigenvalue weighted by atomic mass is 10.2. The van der Waals surface area contributed by atoms with E-state index < -0.39 is 12.5 Å². The van der Waals surface area contributed by atoms with Crippen molar-refractivity contribution in [2.24, 2.45) is 0 Å². The summed E-state index contributed by atoms with van der Waals surface area (Å²) in [5, 5.41) is 2.69. The topological polar surface area (TPSA) is 50.7 Å². The largest absolute Gasteiger partial charge is 0.362 e. The Kier molecular flexibility index (Phi) is 3.66. The molecule has 2 rings (SSSR count). The van der Waals surface area contributed by atoms with Crippen LogP contribution < -0.4 is 5.32 Å². The summed E-state index contributed by atoms with van der Waals surface area (Å²) >= 11 is 5.54. The first-order valence-corrected chi connectivity index (χ1v) is 5.46. The van der Waals surface area contributed by atoms with E-state index in [1.54, 1.807) is 6.07 Å². The Bertz CT molecular complexity index is 504. The van der Waals surface area contributed by atoms with Gasteiger partial charge in [0.2, 0.25) is 0 Å². The molecule has 0 bridgehead atoms. The highest BCUT2D eigenvalue weighted by molar-refractivity contribution is 6.29. The molecule has 2 heterocycles. The Morgan fingerprint density at radius 2 is 2.00 bits per heavy atom. The van der Waals surface area contributed by atoms with Crippen LogP contribution in [0.3, 0.4) is 0 Å². The van der Waals surface area contributed by atoms with Crippen molar-refractivity contribution >= 4 is 17.4 Å². The van der Waals surface area contributed by atoms with Crippen LogP contribution in [0.2, 0.25) is 5.15 Å². The van der Waals surface area contributed by atoms with E-state index in [4.69, 9.17) is 11.6 Å². The number of hydrogen-bond donors (Lipinski definition) is 1. The summed E-state index contributed by atoms with van der Waals surface area (Å²) in [7, 11) is 0. The standard InChI is InChI=1S/C11H9ClF2N4/c12-9-5-17-10(6-16-9)18-7-11(13,14)8-3-1-2-4-15-8/h1-6H,7H2,(H,17,18). The Balaban J connectivity index is 2.03. The molecule has 0 radical (unpaired) electrons. The van der Waals surface area contributed by atoms with Crippen molar-refractivity contribution in [3.8, 4) is 0 Å². The average molecular weight is 271 g/mol. The van der Waals surface area contributed by atoms with Crippen molar-refractivity contribution in [2.75, 3.05) is 11.9 Å². The molecule has 0 aliphatic carbocycles. The van der Waals surface area contributed by atoms with E-state index in [1.807, 2.05) is 0 Å². The molecule has 0 aliphatic heterocycles. The van der Waals surface area contributed by atoms with E-state index in [0.717, 1.165) is 0 Å². The summed E-state index contributed by atoms with van der Waals surface area (Å²) in [6.45, 7) is -0.611. The highest BCUT2D eigenvalue weighted by Crippen LogP contribution is 2.25. The van der Waals surface area contributed by atoms with E-state index >= 15 is 0 Å². The quantitative estimate of drug-likeness (QED) is 0.928. The smallest absolute Gasteiger partial charge is 0.306 e. The van der Waals surface area contributed by atoms with Gasteiger partial charge in [-0.2, -0.15) is 8.78 Å². The van der Waals surface area contributed by atoms with Gasteiger partial charge in [-0.1, -0.05) is 17.7 Å². The van der Waals surface area contributed by atoms with Crippen LogP contribution >= 0.6 is 11.6 Å². The van der Waals surface area contributed by atoms with Crippen LogP contribution in [0.1, 0.15) is 5.69 Å². The van der Waals surface area contributed by atoms with Crippen LogP contribution in [0, 0.1) is 0 Å². The Morgan fingerprint density at radius 1 is 1.17 bits per heavy atom. The molecule has 2 aromatic rings. The van der Waals surface area contributed by atoms with Crippen molar-refractivity contribution in [1.29, 1.82) is 0 Å². The minimum Gasteiger partial charge on any atom is -0.362 e. The molecule has 0 atom stereocenters. The monoisotopic (exact) mass is 270 g/mol. The third kappa shape index (κ3) is 3.10. The molecule has 0 spiro atoms. The fourth-order valence-corrected chi connectivity index (χ4v) is 1.37. The maximum Gasteiger partial charge on any atom is 0.306 e. The number of alkyl halides is 2. The minimum absolute atomic E-state index is 0.206. The molecular formula is C11H9ClF2N4. The molecule has 94 valence electrons. The average Bonchev–Trinajstić information content (AvgIpc) is 2.39. The Labute approximate surface area is 107 Å². The number of rotatable bonds is 4. The third-order valence-corrected chi connectivity index (χ3v) is 2.35. The van der Waals surface area contributed by atoms with Crippen molar-refractivity contribution in [3.05, 3.63) is 47.6 Å². The lowest BCUT2D eigenvalue weighted by Gasteiger charge is -2.16. The zero-order chi connectivity index (χ0) is 13.0. The second-order valence-corrected chi connectivity index (χ2v) is 3.88. The van der Waals surface area contributed by atoms with Crippen molar-refractivity contribution in [3.63, 3.8) is 0 Å². The van der Waals surface area contributed by atoms with Gasteiger partial charge in [-0.05, 0) is 12.1 Å². The minimum atomic E-state index is -3.08. The maximum atomic E-state index is 13.7. The van der Waals surface area contributed by atoms with Crippen molar-refractivity contribution in [1.82, 2.24) is 15.0 Å². The molecule has 0 aromatic carbocycles. The van der Waals surface area contributed by atoms with Gasteiger partial charge in [-0.15, -0.1) is 0 Å². The first-order valence-electron chi connectivity index (χ1n) is 5.09. The van der Waals surface area contributed by atoms with Crippen LogP contribution in [-0.2, 0) is 5.92 Å². The molecule has 0 amide bonds. The molecule has 18 heavy (non-hydrogen) atoms. The van der Waals surface area contributed by atoms with E-state index in [0.29, 0.717) is 0 Å². The van der Waals surface area contributed by atoms with Crippen LogP contribution in [0.25, 0.3) is 0 Å². The number of halogens is 3. The van der Waals surface area contributed by atoms with Crippen molar-refractivity contribution < 1.29 is 8.78 Å². The normalized spacial score (nSPS) is 11.3. The van der Waals surface area contributed by atoms with Crippen LogP contribution in [0.15, 0.2) is 36.8 Å². The molecule has 4 nitrogen and oxygen atoms in total. The third-order valence-electron chi connectivity index (χ3n) is 2.15. The molecule has 7 heteroatoms. The summed E-state index contributed by atoms with van der Waals surface area (Å²) < 4.78 is 27.4. The van der Waals surface area contributed by atoms with Gasteiger partial charge in [-0.3, -0.25) is 4.98 Å². The number of pyridine rings is 1. The summed E-state index contributed by atoms with van der Waals surface area (Å²) in [4.78, 5) is 11.2. The molecule has 0 saturated carbocycles. The maximum absolute atomic E-state index is 13.7. The summed E-state index contributed by atoms with van der Waals surface area (Å²) in [5.74, 6) is -2.85. The molecule has 2 aromatic heterocycles. The van der Waals surface area contributed by atoms with Gasteiger partial charge in [0.1, 0.15) is 16.7 Å². The van der Waals surface area contributed by atoms with Gasteiger partial charge >= 0.3 is 5.92 Å². The molecule has 0 aliphatic rings. The van der Waals surface area contributed by atoms with Gasteiger partial charge < -0.3 is 5.32 Å². The number of nitrogens with zero attached hydrogens (tertiary/aromatic N) is 3. The van der Waals surface area contributed by atoms with Crippen LogP contribution in [0.5, 0.6) is 0 Å². The van der Waals surface area contributed by atoms with E-state index in [1.165, 1.54) is 30.7 Å². The van der Waals surface area contributed by atoms with Gasteiger partial charge in [0, 0.05) is 6.20 Å². The Hall–Kier alpha value is -1.82. The van der Waals surface area contributed by atoms with Gasteiger partial charge in [0.05, 0.1) is 18.9 Å². The molecule has 0 unspecified atom stereocenters. The van der Waals surface area contributed by atoms with Crippen LogP contribution in [-0.4, -0.2) is 21.5 Å². The Morgan fingerprint density at radius 3 is 2.61 bits per heavy atom. The fourth-order valence-electron chi connectivity index (χ4n) is 1.27. The van der Waals surface area contributed by atoms with E-state index in [-0.39, 0.29) is 16.7 Å². The highest BCUT2D eigenvalue weighted by atomic mass is 35.5. The summed E-state index contributed by atoms with van der Waals surface area (Å²) in [6.07, 6.45) is 3.89. The number of nitrogens with one attached hydrogen (secondary N) is 1. The fraction of sp³-hybridized carbons (Fsp3) is 0.182. The predicted octanol–water partition coefficient (Wildman–Crippen LogP) is 2.73. The first kappa shape index (κ1) is 12.6. The lowest BCUT2D eigenvalue weighted by Crippen LogP contribution is -2.26. The molecular weight excluding hydrogens is 262 g/mol. The van der Waals surface area contributed by atoms with Crippen LogP contribution in [0.4, 0.5) is 14.6 Å². The molecule has 0 fully saturated rings. The molecule has 0 saturated heterocycles. The van der Waals surface area contributed by atoms with E-state index in [9.17, 15) is 8.78 Å². The number of hydrogen-bond acceptors (Lipinski definition) is 4. The SMILES string of the molecule is FC(F)(CNc1cnc(Cl)cn1)c1ccccn1. The second kappa shape index (κ2) is 5.22. The second-order valence-electron chi connectivity index (χ2n) is 3.50. The van der Waals surface area contributed by atoms with Gasteiger partial charge in [-0.25, -0.2) is 9.97 Å². The summed E-state index contributed by atoms with van der Waals surface area (Å²) in [5.41, 5.74) is -0.292.